The number of hydrogen-bond acceptors (Lipinski definition) is 6. The van der Waals surface area contributed by atoms with Crippen LogP contribution in [0.5, 0.6) is 5.75 Å². The van der Waals surface area contributed by atoms with Gasteiger partial charge in [-0.1, -0.05) is 18.2 Å². The van der Waals surface area contributed by atoms with E-state index < -0.39 is 20.7 Å². The summed E-state index contributed by atoms with van der Waals surface area (Å²) in [5.74, 6) is 0.100. The highest BCUT2D eigenvalue weighted by Gasteiger charge is 2.21. The molecule has 0 atom stereocenters. The first-order valence-corrected chi connectivity index (χ1v) is 7.08. The Hall–Kier alpha value is -2.74. The lowest BCUT2D eigenvalue weighted by atomic mass is 10.2. The number of carbonyl (C=O) groups excluding carboxylic acids is 1. The number of nitro groups is 1. The van der Waals surface area contributed by atoms with Crippen LogP contribution in [0.25, 0.3) is 0 Å². The number of aldehydes is 1. The Kier molecular flexibility index (Phi) is 3.99. The summed E-state index contributed by atoms with van der Waals surface area (Å²) in [6.45, 7) is 0. The van der Waals surface area contributed by atoms with E-state index in [2.05, 4.69) is 0 Å². The van der Waals surface area contributed by atoms with Gasteiger partial charge in [0, 0.05) is 6.07 Å². The Balaban J connectivity index is 2.41. The topological polar surface area (TPSA) is 104 Å². The fourth-order valence-electron chi connectivity index (χ4n) is 1.60. The molecule has 0 aliphatic heterocycles. The van der Waals surface area contributed by atoms with Crippen molar-refractivity contribution in [2.45, 2.75) is 4.90 Å². The first kappa shape index (κ1) is 14.7. The first-order valence-electron chi connectivity index (χ1n) is 5.67. The third kappa shape index (κ3) is 3.23. The quantitative estimate of drug-likeness (QED) is 0.363. The van der Waals surface area contributed by atoms with Gasteiger partial charge in [0.05, 0.1) is 10.5 Å². The molecule has 2 aromatic rings. The summed E-state index contributed by atoms with van der Waals surface area (Å²) < 4.78 is 29.0. The van der Waals surface area contributed by atoms with E-state index in [1.807, 2.05) is 0 Å². The molecular weight excluding hydrogens is 298 g/mol. The summed E-state index contributed by atoms with van der Waals surface area (Å²) in [5, 5.41) is 10.7. The maximum Gasteiger partial charge on any atom is 0.339 e. The molecule has 2 aromatic carbocycles. The molecule has 0 radical (unpaired) electrons. The number of para-hydroxylation sites is 1. The van der Waals surface area contributed by atoms with Gasteiger partial charge >= 0.3 is 10.1 Å². The van der Waals surface area contributed by atoms with Gasteiger partial charge in [-0.3, -0.25) is 14.9 Å². The molecule has 0 heterocycles. The van der Waals surface area contributed by atoms with Gasteiger partial charge in [-0.05, 0) is 24.3 Å². The van der Waals surface area contributed by atoms with Gasteiger partial charge in [0.15, 0.2) is 6.29 Å². The van der Waals surface area contributed by atoms with Crippen molar-refractivity contribution in [3.05, 3.63) is 64.2 Å². The molecule has 2 rings (SSSR count). The molecule has 0 aliphatic carbocycles. The van der Waals surface area contributed by atoms with Crippen molar-refractivity contribution >= 4 is 22.1 Å². The van der Waals surface area contributed by atoms with Gasteiger partial charge in [0.2, 0.25) is 0 Å². The average molecular weight is 307 g/mol. The number of nitrogens with zero attached hydrogens (tertiary/aromatic N) is 1. The monoisotopic (exact) mass is 307 g/mol. The van der Waals surface area contributed by atoms with E-state index in [1.54, 1.807) is 18.2 Å². The molecule has 0 aliphatic rings. The predicted molar refractivity (Wildman–Crippen MR) is 72.7 cm³/mol. The SMILES string of the molecule is O=Cc1cc(S(=O)(=O)Oc2ccccc2)ccc1[N+](=O)[O-]. The second-order valence-corrected chi connectivity index (χ2v) is 5.49. The van der Waals surface area contributed by atoms with Crippen molar-refractivity contribution in [1.82, 2.24) is 0 Å². The van der Waals surface area contributed by atoms with Crippen molar-refractivity contribution in [3.63, 3.8) is 0 Å². The molecule has 0 unspecified atom stereocenters. The van der Waals surface area contributed by atoms with E-state index >= 15 is 0 Å². The van der Waals surface area contributed by atoms with Crippen molar-refractivity contribution in [1.29, 1.82) is 0 Å². The van der Waals surface area contributed by atoms with Crippen molar-refractivity contribution in [3.8, 4) is 5.75 Å². The van der Waals surface area contributed by atoms with Crippen molar-refractivity contribution in [2.75, 3.05) is 0 Å². The zero-order chi connectivity index (χ0) is 15.5. The highest BCUT2D eigenvalue weighted by molar-refractivity contribution is 7.87. The second kappa shape index (κ2) is 5.71. The standard InChI is InChI=1S/C13H9NO6S/c15-9-10-8-12(6-7-13(10)14(16)17)21(18,19)20-11-4-2-1-3-5-11/h1-9H. The highest BCUT2D eigenvalue weighted by Crippen LogP contribution is 2.23. The summed E-state index contributed by atoms with van der Waals surface area (Å²) in [6.07, 6.45) is 0.222. The van der Waals surface area contributed by atoms with E-state index in [0.717, 1.165) is 18.2 Å². The third-order valence-corrected chi connectivity index (χ3v) is 3.80. The summed E-state index contributed by atoms with van der Waals surface area (Å²) >= 11 is 0. The fourth-order valence-corrected chi connectivity index (χ4v) is 2.57. The molecule has 0 saturated heterocycles. The fraction of sp³-hybridized carbons (Fsp3) is 0. The summed E-state index contributed by atoms with van der Waals surface area (Å²) in [6, 6.07) is 10.6. The normalized spacial score (nSPS) is 10.9. The van der Waals surface area contributed by atoms with E-state index in [9.17, 15) is 23.3 Å². The molecule has 108 valence electrons. The van der Waals surface area contributed by atoms with Crippen LogP contribution in [0.4, 0.5) is 5.69 Å². The van der Waals surface area contributed by atoms with Gasteiger partial charge < -0.3 is 4.18 Å². The molecule has 7 nitrogen and oxygen atoms in total. The Morgan fingerprint density at radius 3 is 2.33 bits per heavy atom. The molecule has 0 bridgehead atoms. The van der Waals surface area contributed by atoms with Crippen LogP contribution in [-0.4, -0.2) is 19.6 Å². The first-order chi connectivity index (χ1) is 9.94. The molecule has 21 heavy (non-hydrogen) atoms. The van der Waals surface area contributed by atoms with Crippen LogP contribution in [-0.2, 0) is 10.1 Å². The minimum atomic E-state index is -4.17. The van der Waals surface area contributed by atoms with Crippen LogP contribution >= 0.6 is 0 Å². The van der Waals surface area contributed by atoms with Gasteiger partial charge in [0.1, 0.15) is 10.6 Å². The molecule has 8 heteroatoms. The van der Waals surface area contributed by atoms with E-state index in [1.165, 1.54) is 12.1 Å². The lowest BCUT2D eigenvalue weighted by molar-refractivity contribution is -0.385. The Morgan fingerprint density at radius 1 is 1.10 bits per heavy atom. The maximum absolute atomic E-state index is 12.0. The average Bonchev–Trinajstić information content (AvgIpc) is 2.47. The molecule has 0 fully saturated rings. The van der Waals surface area contributed by atoms with Crippen LogP contribution < -0.4 is 4.18 Å². The summed E-state index contributed by atoms with van der Waals surface area (Å²) in [4.78, 5) is 20.4. The number of benzene rings is 2. The van der Waals surface area contributed by atoms with Crippen LogP contribution in [0, 0.1) is 10.1 Å². The number of nitro benzene ring substituents is 1. The van der Waals surface area contributed by atoms with Crippen LogP contribution in [0.15, 0.2) is 53.4 Å². The van der Waals surface area contributed by atoms with E-state index in [4.69, 9.17) is 4.18 Å². The van der Waals surface area contributed by atoms with Gasteiger partial charge in [-0.15, -0.1) is 0 Å². The Bertz CT molecular complexity index is 786. The Labute approximate surface area is 120 Å². The highest BCUT2D eigenvalue weighted by atomic mass is 32.2. The smallest absolute Gasteiger partial charge is 0.339 e. The molecule has 0 spiro atoms. The van der Waals surface area contributed by atoms with Crippen molar-refractivity contribution < 1.29 is 22.3 Å². The molecule has 0 N–H and O–H groups in total. The van der Waals surface area contributed by atoms with Gasteiger partial charge in [-0.25, -0.2) is 0 Å². The number of rotatable bonds is 5. The van der Waals surface area contributed by atoms with E-state index in [-0.39, 0.29) is 22.5 Å². The Morgan fingerprint density at radius 2 is 1.76 bits per heavy atom. The van der Waals surface area contributed by atoms with Gasteiger partial charge in [0.25, 0.3) is 5.69 Å². The predicted octanol–water partition coefficient (Wildman–Crippen LogP) is 2.17. The number of carbonyl (C=O) groups is 1. The zero-order valence-electron chi connectivity index (χ0n) is 10.5. The summed E-state index contributed by atoms with van der Waals surface area (Å²) in [7, 11) is -4.17. The largest absolute Gasteiger partial charge is 0.379 e. The van der Waals surface area contributed by atoms with Crippen LogP contribution in [0.3, 0.4) is 0 Å². The lowest BCUT2D eigenvalue weighted by Gasteiger charge is -2.07. The molecular formula is C13H9NO6S. The van der Waals surface area contributed by atoms with Crippen molar-refractivity contribution in [2.24, 2.45) is 0 Å². The minimum Gasteiger partial charge on any atom is -0.379 e. The molecule has 0 amide bonds. The maximum atomic E-state index is 12.0. The lowest BCUT2D eigenvalue weighted by Crippen LogP contribution is -2.10. The van der Waals surface area contributed by atoms with Crippen LogP contribution in [0.1, 0.15) is 10.4 Å². The molecule has 0 saturated carbocycles. The minimum absolute atomic E-state index is 0.100. The third-order valence-electron chi connectivity index (χ3n) is 2.56. The summed E-state index contributed by atoms with van der Waals surface area (Å²) in [5.41, 5.74) is -0.804. The van der Waals surface area contributed by atoms with E-state index in [0.29, 0.717) is 0 Å². The number of hydrogen-bond donors (Lipinski definition) is 0. The van der Waals surface area contributed by atoms with Crippen LogP contribution in [0.2, 0.25) is 0 Å². The zero-order valence-corrected chi connectivity index (χ0v) is 11.3. The molecule has 0 aromatic heterocycles. The van der Waals surface area contributed by atoms with Gasteiger partial charge in [-0.2, -0.15) is 8.42 Å². The second-order valence-electron chi connectivity index (χ2n) is 3.95.